The predicted octanol–water partition coefficient (Wildman–Crippen LogP) is 0.721. The number of likely N-dealkylation sites (tertiary alicyclic amines) is 1. The summed E-state index contributed by atoms with van der Waals surface area (Å²) in [5.41, 5.74) is 1.31. The molecule has 1 saturated heterocycles. The fourth-order valence-corrected chi connectivity index (χ4v) is 3.97. The van der Waals surface area contributed by atoms with Gasteiger partial charge in [0.2, 0.25) is 0 Å². The summed E-state index contributed by atoms with van der Waals surface area (Å²) in [5.74, 6) is -0.0664. The summed E-state index contributed by atoms with van der Waals surface area (Å²) in [6.45, 7) is 1.34. The van der Waals surface area contributed by atoms with E-state index in [2.05, 4.69) is 10.3 Å². The van der Waals surface area contributed by atoms with E-state index in [1.54, 1.807) is 25.3 Å². The van der Waals surface area contributed by atoms with Gasteiger partial charge in [0.1, 0.15) is 11.4 Å². The Bertz CT molecular complexity index is 846. The highest BCUT2D eigenvalue weighted by Crippen LogP contribution is 2.31. The Morgan fingerprint density at radius 3 is 2.86 bits per heavy atom. The van der Waals surface area contributed by atoms with Gasteiger partial charge in [-0.05, 0) is 31.4 Å². The molecule has 0 aliphatic carbocycles. The number of anilines is 1. The number of esters is 1. The van der Waals surface area contributed by atoms with Crippen molar-refractivity contribution in [3.05, 3.63) is 23.9 Å². The SMILES string of the molecule is COC(=O)c1[nH]c2cc(OC)ccc2c1NC(=O)C[NH+]1CCCC[C@@H]1CCO. The minimum Gasteiger partial charge on any atom is -0.497 e. The van der Waals surface area contributed by atoms with Crippen LogP contribution in [-0.4, -0.2) is 61.9 Å². The Hall–Kier alpha value is -2.58. The Morgan fingerprint density at radius 2 is 2.14 bits per heavy atom. The molecule has 1 aliphatic heterocycles. The van der Waals surface area contributed by atoms with E-state index in [-0.39, 0.29) is 24.2 Å². The number of amides is 1. The monoisotopic (exact) mass is 390 g/mol. The van der Waals surface area contributed by atoms with Crippen LogP contribution in [-0.2, 0) is 9.53 Å². The van der Waals surface area contributed by atoms with E-state index in [4.69, 9.17) is 9.47 Å². The topological polar surface area (TPSA) is 105 Å². The van der Waals surface area contributed by atoms with Crippen molar-refractivity contribution in [1.29, 1.82) is 0 Å². The van der Waals surface area contributed by atoms with Crippen LogP contribution in [0.1, 0.15) is 36.2 Å². The van der Waals surface area contributed by atoms with Gasteiger partial charge in [0.15, 0.2) is 6.54 Å². The Labute approximate surface area is 163 Å². The second-order valence-electron chi connectivity index (χ2n) is 7.12. The number of aliphatic hydroxyl groups excluding tert-OH is 1. The number of hydrogen-bond acceptors (Lipinski definition) is 5. The first-order valence-corrected chi connectivity index (χ1v) is 9.60. The predicted molar refractivity (Wildman–Crippen MR) is 105 cm³/mol. The molecule has 4 N–H and O–H groups in total. The van der Waals surface area contributed by atoms with Crippen LogP contribution < -0.4 is 15.0 Å². The van der Waals surface area contributed by atoms with Gasteiger partial charge in [0.05, 0.1) is 38.0 Å². The van der Waals surface area contributed by atoms with Crippen molar-refractivity contribution in [1.82, 2.24) is 4.98 Å². The van der Waals surface area contributed by atoms with E-state index in [9.17, 15) is 14.7 Å². The third-order valence-corrected chi connectivity index (χ3v) is 5.40. The first-order chi connectivity index (χ1) is 13.6. The maximum atomic E-state index is 12.8. The second-order valence-corrected chi connectivity index (χ2v) is 7.12. The minimum absolute atomic E-state index is 0.132. The molecule has 0 bridgehead atoms. The summed E-state index contributed by atoms with van der Waals surface area (Å²) < 4.78 is 10.1. The fourth-order valence-electron chi connectivity index (χ4n) is 3.97. The van der Waals surface area contributed by atoms with Crippen molar-refractivity contribution in [2.75, 3.05) is 39.2 Å². The minimum atomic E-state index is -0.547. The first kappa shape index (κ1) is 20.2. The molecule has 2 heterocycles. The number of aromatic nitrogens is 1. The average molecular weight is 390 g/mol. The zero-order valence-corrected chi connectivity index (χ0v) is 16.3. The molecule has 152 valence electrons. The molecule has 8 heteroatoms. The molecule has 2 atom stereocenters. The van der Waals surface area contributed by atoms with Gasteiger partial charge in [-0.2, -0.15) is 0 Å². The largest absolute Gasteiger partial charge is 0.497 e. The van der Waals surface area contributed by atoms with Gasteiger partial charge in [-0.1, -0.05) is 0 Å². The molecule has 1 aromatic carbocycles. The van der Waals surface area contributed by atoms with Gasteiger partial charge in [-0.3, -0.25) is 4.79 Å². The van der Waals surface area contributed by atoms with Crippen molar-refractivity contribution in [2.45, 2.75) is 31.7 Å². The number of rotatable bonds is 7. The number of ether oxygens (including phenoxy) is 2. The van der Waals surface area contributed by atoms with Crippen molar-refractivity contribution in [2.24, 2.45) is 0 Å². The van der Waals surface area contributed by atoms with Crippen LogP contribution in [0.2, 0.25) is 0 Å². The number of methoxy groups -OCH3 is 2. The summed E-state index contributed by atoms with van der Waals surface area (Å²) in [7, 11) is 2.87. The highest BCUT2D eigenvalue weighted by molar-refractivity contribution is 6.11. The first-order valence-electron chi connectivity index (χ1n) is 9.60. The Kier molecular flexibility index (Phi) is 6.53. The van der Waals surface area contributed by atoms with Gasteiger partial charge >= 0.3 is 5.97 Å². The lowest BCUT2D eigenvalue weighted by molar-refractivity contribution is -0.923. The molecule has 0 spiro atoms. The highest BCUT2D eigenvalue weighted by Gasteiger charge is 2.28. The van der Waals surface area contributed by atoms with Crippen LogP contribution in [0.25, 0.3) is 10.9 Å². The second kappa shape index (κ2) is 9.07. The van der Waals surface area contributed by atoms with Crippen molar-refractivity contribution >= 4 is 28.5 Å². The van der Waals surface area contributed by atoms with Crippen LogP contribution >= 0.6 is 0 Å². The summed E-state index contributed by atoms with van der Waals surface area (Å²) in [4.78, 5) is 29.2. The maximum Gasteiger partial charge on any atom is 0.356 e. The van der Waals surface area contributed by atoms with E-state index < -0.39 is 5.97 Å². The molecule has 3 rings (SSSR count). The number of H-pyrrole nitrogens is 1. The number of aliphatic hydroxyl groups is 1. The van der Waals surface area contributed by atoms with Crippen LogP contribution in [0.5, 0.6) is 5.75 Å². The zero-order chi connectivity index (χ0) is 20.1. The maximum absolute atomic E-state index is 12.8. The molecule has 0 saturated carbocycles. The standard InChI is InChI=1S/C20H27N3O5/c1-27-14-6-7-15-16(11-14)21-19(20(26)28-2)18(15)22-17(25)12-23-9-4-3-5-13(23)8-10-24/h6-7,11,13,21,24H,3-5,8-10,12H2,1-2H3,(H,22,25)/p+1/t13-/m1/s1. The summed E-state index contributed by atoms with van der Waals surface area (Å²) in [6, 6.07) is 5.64. The number of fused-ring (bicyclic) bond motifs is 1. The van der Waals surface area contributed by atoms with E-state index in [1.807, 2.05) is 0 Å². The highest BCUT2D eigenvalue weighted by atomic mass is 16.5. The molecule has 1 amide bonds. The van der Waals surface area contributed by atoms with E-state index in [0.29, 0.717) is 29.9 Å². The van der Waals surface area contributed by atoms with Gasteiger partial charge in [0, 0.05) is 24.5 Å². The molecular weight excluding hydrogens is 362 g/mol. The number of piperidine rings is 1. The van der Waals surface area contributed by atoms with Crippen LogP contribution in [0, 0.1) is 0 Å². The third kappa shape index (κ3) is 4.28. The summed E-state index contributed by atoms with van der Waals surface area (Å²) in [5, 5.41) is 12.9. The normalized spacial score (nSPS) is 19.4. The fraction of sp³-hybridized carbons (Fsp3) is 0.500. The number of aromatic amines is 1. The number of nitrogens with one attached hydrogen (secondary N) is 3. The van der Waals surface area contributed by atoms with Gasteiger partial charge in [0.25, 0.3) is 5.91 Å². The van der Waals surface area contributed by atoms with Crippen LogP contribution in [0.15, 0.2) is 18.2 Å². The molecule has 1 fully saturated rings. The molecule has 1 aromatic heterocycles. The average Bonchev–Trinajstić information content (AvgIpc) is 3.06. The lowest BCUT2D eigenvalue weighted by atomic mass is 9.99. The van der Waals surface area contributed by atoms with Crippen molar-refractivity contribution < 1.29 is 29.1 Å². The van der Waals surface area contributed by atoms with Crippen molar-refractivity contribution in [3.63, 3.8) is 0 Å². The van der Waals surface area contributed by atoms with Gasteiger partial charge in [-0.15, -0.1) is 0 Å². The van der Waals surface area contributed by atoms with Crippen LogP contribution in [0.4, 0.5) is 5.69 Å². The number of benzene rings is 1. The van der Waals surface area contributed by atoms with E-state index in [0.717, 1.165) is 31.2 Å². The lowest BCUT2D eigenvalue weighted by Gasteiger charge is -2.31. The lowest BCUT2D eigenvalue weighted by Crippen LogP contribution is -3.17. The van der Waals surface area contributed by atoms with Gasteiger partial charge < -0.3 is 29.8 Å². The van der Waals surface area contributed by atoms with Gasteiger partial charge in [-0.25, -0.2) is 4.79 Å². The summed E-state index contributed by atoms with van der Waals surface area (Å²) >= 11 is 0. The zero-order valence-electron chi connectivity index (χ0n) is 16.3. The van der Waals surface area contributed by atoms with Crippen LogP contribution in [0.3, 0.4) is 0 Å². The molecular formula is C20H28N3O5+. The molecule has 8 nitrogen and oxygen atoms in total. The van der Waals surface area contributed by atoms with E-state index in [1.165, 1.54) is 12.0 Å². The Balaban J connectivity index is 1.83. The smallest absolute Gasteiger partial charge is 0.356 e. The molecule has 0 radical (unpaired) electrons. The third-order valence-electron chi connectivity index (χ3n) is 5.40. The Morgan fingerprint density at radius 1 is 1.32 bits per heavy atom. The number of hydrogen-bond donors (Lipinski definition) is 4. The molecule has 28 heavy (non-hydrogen) atoms. The van der Waals surface area contributed by atoms with Crippen molar-refractivity contribution in [3.8, 4) is 5.75 Å². The molecule has 1 unspecified atom stereocenters. The summed E-state index contributed by atoms with van der Waals surface area (Å²) in [6.07, 6.45) is 3.92. The number of carbonyl (C=O) groups is 2. The van der Waals surface area contributed by atoms with E-state index >= 15 is 0 Å². The molecule has 1 aliphatic rings. The number of carbonyl (C=O) groups excluding carboxylic acids is 2. The molecule has 2 aromatic rings. The quantitative estimate of drug-likeness (QED) is 0.522. The number of quaternary nitrogens is 1.